The van der Waals surface area contributed by atoms with Gasteiger partial charge in [-0.25, -0.2) is 8.78 Å². The molecule has 0 aromatic heterocycles. The van der Waals surface area contributed by atoms with E-state index in [9.17, 15) is 8.78 Å². The summed E-state index contributed by atoms with van der Waals surface area (Å²) in [4.78, 5) is 1.18. The van der Waals surface area contributed by atoms with Gasteiger partial charge >= 0.3 is 0 Å². The van der Waals surface area contributed by atoms with E-state index < -0.39 is 5.82 Å². The molecular formula is C17H19F2NS. The molecule has 0 heterocycles. The van der Waals surface area contributed by atoms with Crippen LogP contribution in [0.15, 0.2) is 53.4 Å². The van der Waals surface area contributed by atoms with Crippen LogP contribution in [0.5, 0.6) is 0 Å². The van der Waals surface area contributed by atoms with Crippen LogP contribution in [0.3, 0.4) is 0 Å². The predicted molar refractivity (Wildman–Crippen MR) is 84.7 cm³/mol. The molecule has 0 aliphatic heterocycles. The second kappa shape index (κ2) is 8.15. The summed E-state index contributed by atoms with van der Waals surface area (Å²) in [7, 11) is 0. The van der Waals surface area contributed by atoms with Gasteiger partial charge in [-0.3, -0.25) is 0 Å². The van der Waals surface area contributed by atoms with Gasteiger partial charge in [0.2, 0.25) is 0 Å². The van der Waals surface area contributed by atoms with Crippen LogP contribution in [-0.2, 0) is 6.42 Å². The Labute approximate surface area is 128 Å². The molecule has 4 heteroatoms. The third-order valence-corrected chi connectivity index (χ3v) is 4.34. The van der Waals surface area contributed by atoms with E-state index >= 15 is 0 Å². The molecule has 1 N–H and O–H groups in total. The zero-order valence-corrected chi connectivity index (χ0v) is 12.8. The summed E-state index contributed by atoms with van der Waals surface area (Å²) in [6.45, 7) is 2.82. The lowest BCUT2D eigenvalue weighted by atomic mass is 10.1. The van der Waals surface area contributed by atoms with E-state index in [-0.39, 0.29) is 11.9 Å². The Kier molecular flexibility index (Phi) is 6.21. The first-order valence-electron chi connectivity index (χ1n) is 7.04. The lowest BCUT2D eigenvalue weighted by Crippen LogP contribution is -2.33. The fourth-order valence-corrected chi connectivity index (χ4v) is 3.14. The molecule has 0 saturated carbocycles. The molecule has 0 fully saturated rings. The van der Waals surface area contributed by atoms with Crippen molar-refractivity contribution < 1.29 is 8.78 Å². The first-order valence-corrected chi connectivity index (χ1v) is 8.02. The van der Waals surface area contributed by atoms with E-state index in [0.29, 0.717) is 12.0 Å². The van der Waals surface area contributed by atoms with E-state index in [1.165, 1.54) is 17.0 Å². The van der Waals surface area contributed by atoms with Crippen LogP contribution in [0, 0.1) is 11.6 Å². The second-order valence-electron chi connectivity index (χ2n) is 4.82. The van der Waals surface area contributed by atoms with Gasteiger partial charge in [0.05, 0.1) is 0 Å². The summed E-state index contributed by atoms with van der Waals surface area (Å²) in [5.41, 5.74) is 0.426. The minimum absolute atomic E-state index is 0.108. The number of thioether (sulfide) groups is 1. The highest BCUT2D eigenvalue weighted by Crippen LogP contribution is 2.20. The largest absolute Gasteiger partial charge is 0.313 e. The summed E-state index contributed by atoms with van der Waals surface area (Å²) in [6, 6.07) is 13.8. The Balaban J connectivity index is 2.00. The van der Waals surface area contributed by atoms with Crippen molar-refractivity contribution in [2.75, 3.05) is 12.3 Å². The van der Waals surface area contributed by atoms with E-state index in [0.717, 1.165) is 18.4 Å². The van der Waals surface area contributed by atoms with Gasteiger partial charge in [-0.2, -0.15) is 0 Å². The molecule has 0 spiro atoms. The number of hydrogen-bond acceptors (Lipinski definition) is 2. The van der Waals surface area contributed by atoms with Gasteiger partial charge in [0.1, 0.15) is 11.6 Å². The minimum Gasteiger partial charge on any atom is -0.313 e. The van der Waals surface area contributed by atoms with Crippen molar-refractivity contribution in [3.8, 4) is 0 Å². The van der Waals surface area contributed by atoms with Crippen molar-refractivity contribution >= 4 is 11.8 Å². The summed E-state index contributed by atoms with van der Waals surface area (Å²) in [5, 5.41) is 3.34. The van der Waals surface area contributed by atoms with Gasteiger partial charge in [-0.05, 0) is 48.9 Å². The lowest BCUT2D eigenvalue weighted by Gasteiger charge is -2.18. The maximum Gasteiger partial charge on any atom is 0.126 e. The quantitative estimate of drug-likeness (QED) is 0.766. The van der Waals surface area contributed by atoms with Crippen LogP contribution >= 0.6 is 11.8 Å². The Morgan fingerprint density at radius 2 is 1.86 bits per heavy atom. The van der Waals surface area contributed by atoms with Crippen LogP contribution in [0.25, 0.3) is 0 Å². The Hall–Kier alpha value is -1.39. The molecule has 1 unspecified atom stereocenters. The van der Waals surface area contributed by atoms with Gasteiger partial charge in [-0.1, -0.05) is 25.1 Å². The van der Waals surface area contributed by atoms with E-state index in [1.807, 2.05) is 25.1 Å². The number of rotatable bonds is 7. The molecule has 2 aromatic rings. The summed E-state index contributed by atoms with van der Waals surface area (Å²) >= 11 is 1.72. The minimum atomic E-state index is -0.391. The molecule has 0 amide bonds. The third-order valence-electron chi connectivity index (χ3n) is 3.16. The fraction of sp³-hybridized carbons (Fsp3) is 0.294. The molecule has 2 aromatic carbocycles. The fourth-order valence-electron chi connectivity index (χ4n) is 2.16. The zero-order chi connectivity index (χ0) is 15.1. The van der Waals surface area contributed by atoms with Gasteiger partial charge in [-0.15, -0.1) is 11.8 Å². The molecule has 112 valence electrons. The molecule has 0 saturated heterocycles. The van der Waals surface area contributed by atoms with Crippen LogP contribution in [0.1, 0.15) is 12.5 Å². The van der Waals surface area contributed by atoms with Crippen molar-refractivity contribution in [3.05, 3.63) is 65.7 Å². The first kappa shape index (κ1) is 16.0. The SMILES string of the molecule is CCNC(CSc1ccccc1)Cc1cc(F)ccc1F. The normalized spacial score (nSPS) is 12.3. The second-order valence-corrected chi connectivity index (χ2v) is 5.91. The molecule has 0 aliphatic rings. The topological polar surface area (TPSA) is 12.0 Å². The first-order chi connectivity index (χ1) is 10.2. The number of halogens is 2. The molecule has 0 bridgehead atoms. The van der Waals surface area contributed by atoms with Crippen molar-refractivity contribution in [2.45, 2.75) is 24.3 Å². The average molecular weight is 307 g/mol. The summed E-state index contributed by atoms with van der Waals surface area (Å²) < 4.78 is 27.0. The zero-order valence-electron chi connectivity index (χ0n) is 12.0. The van der Waals surface area contributed by atoms with Crippen molar-refractivity contribution in [3.63, 3.8) is 0 Å². The van der Waals surface area contributed by atoms with E-state index in [4.69, 9.17) is 0 Å². The highest BCUT2D eigenvalue weighted by molar-refractivity contribution is 7.99. The van der Waals surface area contributed by atoms with Crippen molar-refractivity contribution in [2.24, 2.45) is 0 Å². The van der Waals surface area contributed by atoms with Crippen LogP contribution in [0.2, 0.25) is 0 Å². The molecule has 1 atom stereocenters. The van der Waals surface area contributed by atoms with Crippen LogP contribution < -0.4 is 5.32 Å². The number of benzene rings is 2. The average Bonchev–Trinajstić information content (AvgIpc) is 2.50. The highest BCUT2D eigenvalue weighted by Gasteiger charge is 2.13. The van der Waals surface area contributed by atoms with E-state index in [1.54, 1.807) is 11.8 Å². The predicted octanol–water partition coefficient (Wildman–Crippen LogP) is 4.28. The van der Waals surface area contributed by atoms with Gasteiger partial charge in [0.25, 0.3) is 0 Å². The lowest BCUT2D eigenvalue weighted by molar-refractivity contribution is 0.537. The molecule has 2 rings (SSSR count). The highest BCUT2D eigenvalue weighted by atomic mass is 32.2. The Morgan fingerprint density at radius 1 is 1.10 bits per heavy atom. The summed E-state index contributed by atoms with van der Waals surface area (Å²) in [6.07, 6.45) is 0.483. The maximum absolute atomic E-state index is 13.7. The maximum atomic E-state index is 13.7. The number of likely N-dealkylation sites (N-methyl/N-ethyl adjacent to an activating group) is 1. The molecular weight excluding hydrogens is 288 g/mol. The van der Waals surface area contributed by atoms with E-state index in [2.05, 4.69) is 17.4 Å². The van der Waals surface area contributed by atoms with Crippen LogP contribution in [-0.4, -0.2) is 18.3 Å². The van der Waals surface area contributed by atoms with Crippen molar-refractivity contribution in [1.29, 1.82) is 0 Å². The third kappa shape index (κ3) is 5.14. The smallest absolute Gasteiger partial charge is 0.126 e. The van der Waals surface area contributed by atoms with Crippen LogP contribution in [0.4, 0.5) is 8.78 Å². The Bertz CT molecular complexity index is 560. The van der Waals surface area contributed by atoms with Gasteiger partial charge in [0, 0.05) is 16.7 Å². The molecule has 0 aliphatic carbocycles. The molecule has 21 heavy (non-hydrogen) atoms. The standard InChI is InChI=1S/C17H19F2NS/c1-2-20-15(12-21-16-6-4-3-5-7-16)11-13-10-14(18)8-9-17(13)19/h3-10,15,20H,2,11-12H2,1H3. The monoisotopic (exact) mass is 307 g/mol. The van der Waals surface area contributed by atoms with Gasteiger partial charge < -0.3 is 5.32 Å². The number of hydrogen-bond donors (Lipinski definition) is 1. The number of nitrogens with one attached hydrogen (secondary N) is 1. The van der Waals surface area contributed by atoms with Gasteiger partial charge in [0.15, 0.2) is 0 Å². The molecule has 1 nitrogen and oxygen atoms in total. The van der Waals surface area contributed by atoms with Crippen molar-refractivity contribution in [1.82, 2.24) is 5.32 Å². The molecule has 0 radical (unpaired) electrons. The Morgan fingerprint density at radius 3 is 2.57 bits per heavy atom. The summed E-state index contributed by atoms with van der Waals surface area (Å²) in [5.74, 6) is 0.0785.